The fourth-order valence-corrected chi connectivity index (χ4v) is 1.68. The monoisotopic (exact) mass is 302 g/mol. The minimum Gasteiger partial charge on any atom is -0.396 e. The Kier molecular flexibility index (Phi) is 6.25. The molecule has 3 N–H and O–H groups in total. The lowest BCUT2D eigenvalue weighted by atomic mass is 10.4. The van der Waals surface area contributed by atoms with Crippen LogP contribution in [0.15, 0.2) is 16.7 Å². The second-order valence-corrected chi connectivity index (χ2v) is 4.73. The van der Waals surface area contributed by atoms with Gasteiger partial charge in [-0.2, -0.15) is 0 Å². The van der Waals surface area contributed by atoms with Crippen LogP contribution in [0.4, 0.5) is 11.5 Å². The molecule has 0 saturated heterocycles. The molecule has 1 aromatic rings. The van der Waals surface area contributed by atoms with Crippen molar-refractivity contribution in [2.45, 2.75) is 0 Å². The van der Waals surface area contributed by atoms with Crippen molar-refractivity contribution in [1.29, 1.82) is 0 Å². The van der Waals surface area contributed by atoms with E-state index in [2.05, 4.69) is 38.2 Å². The first-order valence-electron chi connectivity index (χ1n) is 5.46. The molecule has 0 bridgehead atoms. The molecule has 17 heavy (non-hydrogen) atoms. The van der Waals surface area contributed by atoms with E-state index in [-0.39, 0.29) is 0 Å². The number of anilines is 2. The molecule has 0 aliphatic carbocycles. The normalized spacial score (nSPS) is 10.8. The van der Waals surface area contributed by atoms with E-state index in [0.717, 1.165) is 36.5 Å². The van der Waals surface area contributed by atoms with Crippen LogP contribution < -0.4 is 11.1 Å². The van der Waals surface area contributed by atoms with Gasteiger partial charge in [-0.1, -0.05) is 0 Å². The molecule has 96 valence electrons. The summed E-state index contributed by atoms with van der Waals surface area (Å²) in [6, 6.07) is 1.84. The predicted octanol–water partition coefficient (Wildman–Crippen LogP) is 1.42. The first-order valence-corrected chi connectivity index (χ1v) is 6.25. The number of methoxy groups -OCH3 is 1. The molecule has 0 aliphatic heterocycles. The van der Waals surface area contributed by atoms with Crippen LogP contribution in [0, 0.1) is 0 Å². The summed E-state index contributed by atoms with van der Waals surface area (Å²) in [7, 11) is 3.76. The van der Waals surface area contributed by atoms with Crippen LogP contribution >= 0.6 is 15.9 Å². The standard InChI is InChI=1S/C11H19BrN4O/c1-16(5-6-17-2)4-3-14-11-10(13)7-9(12)8-15-11/h7-8H,3-6,13H2,1-2H3,(H,14,15). The minimum absolute atomic E-state index is 0.652. The molecule has 1 aromatic heterocycles. The topological polar surface area (TPSA) is 63.4 Å². The molecular formula is C11H19BrN4O. The highest BCUT2D eigenvalue weighted by atomic mass is 79.9. The van der Waals surface area contributed by atoms with Gasteiger partial charge in [-0.05, 0) is 29.0 Å². The highest BCUT2D eigenvalue weighted by Crippen LogP contribution is 2.19. The zero-order valence-corrected chi connectivity index (χ0v) is 11.8. The van der Waals surface area contributed by atoms with Gasteiger partial charge in [0.15, 0.2) is 0 Å². The molecule has 5 nitrogen and oxygen atoms in total. The van der Waals surface area contributed by atoms with Gasteiger partial charge in [-0.3, -0.25) is 0 Å². The number of hydrogen-bond donors (Lipinski definition) is 2. The fraction of sp³-hybridized carbons (Fsp3) is 0.545. The van der Waals surface area contributed by atoms with Gasteiger partial charge in [-0.25, -0.2) is 4.98 Å². The molecule has 0 amide bonds. The number of hydrogen-bond acceptors (Lipinski definition) is 5. The largest absolute Gasteiger partial charge is 0.396 e. The summed E-state index contributed by atoms with van der Waals surface area (Å²) in [5.74, 6) is 0.730. The number of rotatable bonds is 7. The van der Waals surface area contributed by atoms with Crippen LogP contribution in [0.2, 0.25) is 0 Å². The Morgan fingerprint density at radius 1 is 1.53 bits per heavy atom. The highest BCUT2D eigenvalue weighted by Gasteiger charge is 2.02. The highest BCUT2D eigenvalue weighted by molar-refractivity contribution is 9.10. The molecule has 1 rings (SSSR count). The maximum Gasteiger partial charge on any atom is 0.149 e. The Morgan fingerprint density at radius 3 is 2.94 bits per heavy atom. The molecule has 0 atom stereocenters. The number of aromatic nitrogens is 1. The lowest BCUT2D eigenvalue weighted by Crippen LogP contribution is -2.28. The van der Waals surface area contributed by atoms with Crippen LogP contribution in [0.5, 0.6) is 0 Å². The summed E-state index contributed by atoms with van der Waals surface area (Å²) in [5, 5.41) is 3.21. The smallest absolute Gasteiger partial charge is 0.149 e. The number of nitrogen functional groups attached to an aromatic ring is 1. The number of likely N-dealkylation sites (N-methyl/N-ethyl adjacent to an activating group) is 1. The molecule has 0 unspecified atom stereocenters. The van der Waals surface area contributed by atoms with Crippen molar-refractivity contribution < 1.29 is 4.74 Å². The molecule has 0 aliphatic rings. The van der Waals surface area contributed by atoms with Crippen molar-refractivity contribution >= 4 is 27.4 Å². The zero-order chi connectivity index (χ0) is 12.7. The predicted molar refractivity (Wildman–Crippen MR) is 74.2 cm³/mol. The van der Waals surface area contributed by atoms with Crippen molar-refractivity contribution in [2.75, 3.05) is 51.4 Å². The van der Waals surface area contributed by atoms with Gasteiger partial charge in [0, 0.05) is 37.4 Å². The van der Waals surface area contributed by atoms with Crippen LogP contribution in [0.1, 0.15) is 0 Å². The third-order valence-electron chi connectivity index (χ3n) is 2.35. The lowest BCUT2D eigenvalue weighted by Gasteiger charge is -2.16. The zero-order valence-electron chi connectivity index (χ0n) is 10.2. The van der Waals surface area contributed by atoms with Crippen LogP contribution in [0.25, 0.3) is 0 Å². The summed E-state index contributed by atoms with van der Waals surface area (Å²) in [5.41, 5.74) is 6.48. The van der Waals surface area contributed by atoms with E-state index in [9.17, 15) is 0 Å². The van der Waals surface area contributed by atoms with Gasteiger partial charge < -0.3 is 20.7 Å². The number of pyridine rings is 1. The Balaban J connectivity index is 2.30. The number of ether oxygens (including phenoxy) is 1. The first-order chi connectivity index (χ1) is 8.13. The molecular weight excluding hydrogens is 284 g/mol. The molecule has 0 saturated carbocycles. The first kappa shape index (κ1) is 14.2. The van der Waals surface area contributed by atoms with Gasteiger partial charge >= 0.3 is 0 Å². The molecule has 0 aromatic carbocycles. The molecule has 0 radical (unpaired) electrons. The van der Waals surface area contributed by atoms with E-state index >= 15 is 0 Å². The van der Waals surface area contributed by atoms with E-state index in [1.54, 1.807) is 13.3 Å². The van der Waals surface area contributed by atoms with Crippen LogP contribution in [-0.2, 0) is 4.74 Å². The van der Waals surface area contributed by atoms with Crippen molar-refractivity contribution in [3.8, 4) is 0 Å². The van der Waals surface area contributed by atoms with E-state index in [1.807, 2.05) is 6.07 Å². The quantitative estimate of drug-likeness (QED) is 0.797. The minimum atomic E-state index is 0.652. The van der Waals surface area contributed by atoms with Gasteiger partial charge in [0.1, 0.15) is 5.82 Å². The van der Waals surface area contributed by atoms with Crippen LogP contribution in [-0.4, -0.2) is 50.3 Å². The van der Waals surface area contributed by atoms with Crippen molar-refractivity contribution in [3.63, 3.8) is 0 Å². The Morgan fingerprint density at radius 2 is 2.29 bits per heavy atom. The average Bonchev–Trinajstić information content (AvgIpc) is 2.29. The van der Waals surface area contributed by atoms with Gasteiger partial charge in [0.25, 0.3) is 0 Å². The second kappa shape index (κ2) is 7.47. The molecule has 6 heteroatoms. The number of nitrogens with two attached hydrogens (primary N) is 1. The summed E-state index contributed by atoms with van der Waals surface area (Å²) < 4.78 is 5.90. The molecule has 0 fully saturated rings. The Bertz CT molecular complexity index is 348. The number of nitrogens with one attached hydrogen (secondary N) is 1. The SMILES string of the molecule is COCCN(C)CCNc1ncc(Br)cc1N. The van der Waals surface area contributed by atoms with Crippen molar-refractivity contribution in [1.82, 2.24) is 9.88 Å². The Hall–Kier alpha value is -0.850. The van der Waals surface area contributed by atoms with E-state index in [4.69, 9.17) is 10.5 Å². The maximum atomic E-state index is 5.83. The lowest BCUT2D eigenvalue weighted by molar-refractivity contribution is 0.163. The second-order valence-electron chi connectivity index (χ2n) is 3.81. The van der Waals surface area contributed by atoms with E-state index < -0.39 is 0 Å². The third-order valence-corrected chi connectivity index (χ3v) is 2.78. The van der Waals surface area contributed by atoms with Crippen molar-refractivity contribution in [3.05, 3.63) is 16.7 Å². The number of nitrogens with zero attached hydrogens (tertiary/aromatic N) is 2. The third kappa shape index (κ3) is 5.34. The average molecular weight is 303 g/mol. The van der Waals surface area contributed by atoms with Crippen LogP contribution in [0.3, 0.4) is 0 Å². The summed E-state index contributed by atoms with van der Waals surface area (Å²) in [4.78, 5) is 6.40. The summed E-state index contributed by atoms with van der Waals surface area (Å²) in [6.07, 6.45) is 1.73. The van der Waals surface area contributed by atoms with Crippen molar-refractivity contribution in [2.24, 2.45) is 0 Å². The van der Waals surface area contributed by atoms with E-state index in [1.165, 1.54) is 0 Å². The summed E-state index contributed by atoms with van der Waals surface area (Å²) >= 11 is 3.32. The Labute approximate surface area is 110 Å². The van der Waals surface area contributed by atoms with Gasteiger partial charge in [-0.15, -0.1) is 0 Å². The van der Waals surface area contributed by atoms with Gasteiger partial charge in [0.05, 0.1) is 12.3 Å². The maximum absolute atomic E-state index is 5.83. The van der Waals surface area contributed by atoms with Gasteiger partial charge in [0.2, 0.25) is 0 Å². The number of halogens is 1. The fourth-order valence-electron chi connectivity index (χ4n) is 1.33. The molecule has 1 heterocycles. The van der Waals surface area contributed by atoms with E-state index in [0.29, 0.717) is 5.69 Å². The molecule has 0 spiro atoms. The summed E-state index contributed by atoms with van der Waals surface area (Å²) in [6.45, 7) is 3.39.